The van der Waals surface area contributed by atoms with Crippen molar-refractivity contribution in [1.29, 1.82) is 0 Å². The first-order chi connectivity index (χ1) is 9.16. The molecule has 1 aromatic carbocycles. The second-order valence-electron chi connectivity index (χ2n) is 4.73. The van der Waals surface area contributed by atoms with Crippen LogP contribution < -0.4 is 0 Å². The highest BCUT2D eigenvalue weighted by Gasteiger charge is 2.30. The summed E-state index contributed by atoms with van der Waals surface area (Å²) < 4.78 is 0. The third-order valence-electron chi connectivity index (χ3n) is 3.61. The lowest BCUT2D eigenvalue weighted by Crippen LogP contribution is -2.28. The predicted octanol–water partition coefficient (Wildman–Crippen LogP) is 3.70. The summed E-state index contributed by atoms with van der Waals surface area (Å²) in [7, 11) is 0. The van der Waals surface area contributed by atoms with E-state index in [9.17, 15) is 9.90 Å². The fourth-order valence-electron chi connectivity index (χ4n) is 2.80. The second-order valence-corrected chi connectivity index (χ2v) is 5.16. The Hall–Kier alpha value is -1.81. The van der Waals surface area contributed by atoms with Crippen LogP contribution in [0.2, 0.25) is 5.02 Å². The molecule has 1 aliphatic rings. The number of fused-ring (bicyclic) bond motifs is 1. The van der Waals surface area contributed by atoms with E-state index in [0.717, 1.165) is 29.2 Å². The van der Waals surface area contributed by atoms with Crippen LogP contribution in [0.1, 0.15) is 24.4 Å². The van der Waals surface area contributed by atoms with Crippen LogP contribution in [0.5, 0.6) is 0 Å². The number of halogens is 1. The van der Waals surface area contributed by atoms with Crippen LogP contribution in [0.15, 0.2) is 30.6 Å². The van der Waals surface area contributed by atoms with Gasteiger partial charge in [-0.05, 0) is 42.0 Å². The van der Waals surface area contributed by atoms with Crippen molar-refractivity contribution in [3.63, 3.8) is 0 Å². The molecule has 1 aliphatic heterocycles. The molecule has 0 bridgehead atoms. The molecule has 1 N–H and O–H groups in total. The van der Waals surface area contributed by atoms with E-state index >= 15 is 0 Å². The Morgan fingerprint density at radius 1 is 1.47 bits per heavy atom. The maximum absolute atomic E-state index is 11.3. The van der Waals surface area contributed by atoms with Crippen LogP contribution in [0.25, 0.3) is 10.8 Å². The predicted molar refractivity (Wildman–Crippen MR) is 73.5 cm³/mol. The first kappa shape index (κ1) is 12.2. The van der Waals surface area contributed by atoms with Gasteiger partial charge in [-0.2, -0.15) is 0 Å². The Balaban J connectivity index is 2.16. The summed E-state index contributed by atoms with van der Waals surface area (Å²) in [4.78, 5) is 16.9. The second kappa shape index (κ2) is 4.70. The van der Waals surface area contributed by atoms with Gasteiger partial charge in [0, 0.05) is 29.3 Å². The smallest absolute Gasteiger partial charge is 0.407 e. The third-order valence-corrected chi connectivity index (χ3v) is 3.83. The molecular weight excluding hydrogens is 264 g/mol. The molecule has 98 valence electrons. The van der Waals surface area contributed by atoms with Gasteiger partial charge in [0.25, 0.3) is 0 Å². The standard InChI is InChI=1S/C14H13ClN2O2/c15-10-6-9-8-16-4-3-11(9)12(7-10)13-2-1-5-17(13)14(18)19/h3-4,6-8,13H,1-2,5H2,(H,18,19). The van der Waals surface area contributed by atoms with Crippen LogP contribution in [-0.4, -0.2) is 27.6 Å². The van der Waals surface area contributed by atoms with Crippen LogP contribution in [0.4, 0.5) is 4.79 Å². The number of hydrogen-bond donors (Lipinski definition) is 1. The van der Waals surface area contributed by atoms with Gasteiger partial charge in [0.1, 0.15) is 0 Å². The first-order valence-electron chi connectivity index (χ1n) is 6.19. The largest absolute Gasteiger partial charge is 0.465 e. The monoisotopic (exact) mass is 276 g/mol. The number of benzene rings is 1. The van der Waals surface area contributed by atoms with Crippen LogP contribution in [0, 0.1) is 0 Å². The average molecular weight is 277 g/mol. The van der Waals surface area contributed by atoms with Gasteiger partial charge in [0.05, 0.1) is 6.04 Å². The number of pyridine rings is 1. The van der Waals surface area contributed by atoms with Crippen molar-refractivity contribution in [2.45, 2.75) is 18.9 Å². The molecule has 3 rings (SSSR count). The van der Waals surface area contributed by atoms with Crippen LogP contribution >= 0.6 is 11.6 Å². The van der Waals surface area contributed by atoms with Gasteiger partial charge >= 0.3 is 6.09 Å². The quantitative estimate of drug-likeness (QED) is 0.864. The first-order valence-corrected chi connectivity index (χ1v) is 6.57. The zero-order chi connectivity index (χ0) is 13.4. The summed E-state index contributed by atoms with van der Waals surface area (Å²) in [5.74, 6) is 0. The van der Waals surface area contributed by atoms with Crippen molar-refractivity contribution in [2.75, 3.05) is 6.54 Å². The van der Waals surface area contributed by atoms with Crippen LogP contribution in [-0.2, 0) is 0 Å². The van der Waals surface area contributed by atoms with Crippen molar-refractivity contribution in [3.8, 4) is 0 Å². The molecule has 2 aromatic rings. The Labute approximate surface area is 115 Å². The van der Waals surface area contributed by atoms with Gasteiger partial charge in [0.2, 0.25) is 0 Å². The topological polar surface area (TPSA) is 53.4 Å². The summed E-state index contributed by atoms with van der Waals surface area (Å²) in [6.07, 6.45) is 4.33. The Bertz CT molecular complexity index is 644. The van der Waals surface area contributed by atoms with E-state index in [4.69, 9.17) is 11.6 Å². The van der Waals surface area contributed by atoms with Crippen molar-refractivity contribution in [3.05, 3.63) is 41.2 Å². The normalized spacial score (nSPS) is 19.0. The van der Waals surface area contributed by atoms with Crippen molar-refractivity contribution >= 4 is 28.5 Å². The Morgan fingerprint density at radius 3 is 3.11 bits per heavy atom. The average Bonchev–Trinajstić information content (AvgIpc) is 2.86. The van der Waals surface area contributed by atoms with Gasteiger partial charge in [-0.25, -0.2) is 4.79 Å². The van der Waals surface area contributed by atoms with Gasteiger partial charge in [-0.15, -0.1) is 0 Å². The molecular formula is C14H13ClN2O2. The summed E-state index contributed by atoms with van der Waals surface area (Å²) in [6, 6.07) is 5.53. The number of amides is 1. The highest BCUT2D eigenvalue weighted by Crippen LogP contribution is 2.37. The lowest BCUT2D eigenvalue weighted by atomic mass is 9.98. The number of hydrogen-bond acceptors (Lipinski definition) is 2. The molecule has 2 heterocycles. The number of likely N-dealkylation sites (tertiary alicyclic amines) is 1. The minimum Gasteiger partial charge on any atom is -0.465 e. The van der Waals surface area contributed by atoms with Gasteiger partial charge in [-0.3, -0.25) is 4.98 Å². The number of aromatic nitrogens is 1. The summed E-state index contributed by atoms with van der Waals surface area (Å²) in [6.45, 7) is 0.582. The van der Waals surface area contributed by atoms with Gasteiger partial charge in [-0.1, -0.05) is 11.6 Å². The van der Waals surface area contributed by atoms with E-state index in [0.29, 0.717) is 11.6 Å². The molecule has 0 saturated carbocycles. The molecule has 4 nitrogen and oxygen atoms in total. The molecule has 0 radical (unpaired) electrons. The fourth-order valence-corrected chi connectivity index (χ4v) is 3.03. The molecule has 1 unspecified atom stereocenters. The van der Waals surface area contributed by atoms with Crippen molar-refractivity contribution < 1.29 is 9.90 Å². The highest BCUT2D eigenvalue weighted by atomic mass is 35.5. The van der Waals surface area contributed by atoms with E-state index in [1.165, 1.54) is 4.90 Å². The zero-order valence-corrected chi connectivity index (χ0v) is 11.0. The van der Waals surface area contributed by atoms with Crippen molar-refractivity contribution in [2.24, 2.45) is 0 Å². The molecule has 1 atom stereocenters. The van der Waals surface area contributed by atoms with Gasteiger partial charge < -0.3 is 10.0 Å². The van der Waals surface area contributed by atoms with Crippen LogP contribution in [0.3, 0.4) is 0 Å². The molecule has 1 aromatic heterocycles. The number of rotatable bonds is 1. The van der Waals surface area contributed by atoms with E-state index in [1.807, 2.05) is 18.2 Å². The van der Waals surface area contributed by atoms with E-state index in [1.54, 1.807) is 12.4 Å². The SMILES string of the molecule is O=C(O)N1CCCC1c1cc(Cl)cc2cnccc12. The van der Waals surface area contributed by atoms with Crippen molar-refractivity contribution in [1.82, 2.24) is 9.88 Å². The minimum absolute atomic E-state index is 0.110. The number of nitrogens with zero attached hydrogens (tertiary/aromatic N) is 2. The molecule has 1 fully saturated rings. The number of carbonyl (C=O) groups is 1. The molecule has 19 heavy (non-hydrogen) atoms. The third kappa shape index (κ3) is 2.12. The summed E-state index contributed by atoms with van der Waals surface area (Å²) >= 11 is 6.14. The maximum atomic E-state index is 11.3. The van der Waals surface area contributed by atoms with E-state index < -0.39 is 6.09 Å². The molecule has 1 amide bonds. The lowest BCUT2D eigenvalue weighted by Gasteiger charge is -2.23. The Kier molecular flexibility index (Phi) is 3.03. The van der Waals surface area contributed by atoms with E-state index in [-0.39, 0.29) is 6.04 Å². The zero-order valence-electron chi connectivity index (χ0n) is 10.2. The summed E-state index contributed by atoms with van der Waals surface area (Å²) in [5, 5.41) is 11.9. The van der Waals surface area contributed by atoms with Gasteiger partial charge in [0.15, 0.2) is 0 Å². The Morgan fingerprint density at radius 2 is 2.32 bits per heavy atom. The number of carboxylic acid groups (broad SMARTS) is 1. The molecule has 0 aliphatic carbocycles. The maximum Gasteiger partial charge on any atom is 0.407 e. The fraction of sp³-hybridized carbons (Fsp3) is 0.286. The molecule has 1 saturated heterocycles. The molecule has 0 spiro atoms. The highest BCUT2D eigenvalue weighted by molar-refractivity contribution is 6.31. The lowest BCUT2D eigenvalue weighted by molar-refractivity contribution is 0.140. The minimum atomic E-state index is -0.871. The summed E-state index contributed by atoms with van der Waals surface area (Å²) in [5.41, 5.74) is 0.977. The molecule has 5 heteroatoms. The van der Waals surface area contributed by atoms with E-state index in [2.05, 4.69) is 4.98 Å².